The van der Waals surface area contributed by atoms with Crippen LogP contribution in [-0.4, -0.2) is 19.9 Å². The van der Waals surface area contributed by atoms with Crippen molar-refractivity contribution in [2.45, 2.75) is 0 Å². The second-order valence-corrected chi connectivity index (χ2v) is 15.6. The van der Waals surface area contributed by atoms with Gasteiger partial charge in [0.15, 0.2) is 17.5 Å². The fourth-order valence-electron chi connectivity index (χ4n) is 8.06. The standard InChI is InChI=1S/C54H34N4S/c1-4-16-38(17-5-1)49-48-47(44-25-14-22-37-15-10-11-23-43(37)44)50(59-51(48)45-24-12-13-26-46(45)55-49)39-31-27-35(28-32-39)36-29-33-42(34-30-36)54-57-52(40-18-6-2-7-19-40)56-53(58-54)41-20-8-3-9-21-41/h1-34H. The number of hydrogen-bond acceptors (Lipinski definition) is 5. The molecule has 0 atom stereocenters. The van der Waals surface area contributed by atoms with Gasteiger partial charge in [-0.05, 0) is 39.1 Å². The van der Waals surface area contributed by atoms with Gasteiger partial charge in [-0.15, -0.1) is 11.3 Å². The van der Waals surface area contributed by atoms with E-state index in [4.69, 9.17) is 19.9 Å². The zero-order valence-corrected chi connectivity index (χ0v) is 32.6. The zero-order valence-electron chi connectivity index (χ0n) is 31.8. The molecule has 11 rings (SSSR count). The van der Waals surface area contributed by atoms with Crippen LogP contribution in [0.25, 0.3) is 110 Å². The van der Waals surface area contributed by atoms with Crippen LogP contribution in [0.2, 0.25) is 0 Å². The van der Waals surface area contributed by atoms with Crippen molar-refractivity contribution in [1.82, 2.24) is 19.9 Å². The topological polar surface area (TPSA) is 51.6 Å². The molecule has 0 aliphatic carbocycles. The van der Waals surface area contributed by atoms with Gasteiger partial charge in [0.2, 0.25) is 0 Å². The van der Waals surface area contributed by atoms with Crippen LogP contribution in [0, 0.1) is 0 Å². The molecule has 0 bridgehead atoms. The van der Waals surface area contributed by atoms with E-state index < -0.39 is 0 Å². The Balaban J connectivity index is 1.03. The molecule has 11 aromatic rings. The number of thiophene rings is 1. The van der Waals surface area contributed by atoms with Gasteiger partial charge in [0.05, 0.1) is 11.2 Å². The van der Waals surface area contributed by atoms with E-state index in [-0.39, 0.29) is 0 Å². The van der Waals surface area contributed by atoms with Gasteiger partial charge in [-0.25, -0.2) is 19.9 Å². The molecule has 0 N–H and O–H groups in total. The Bertz CT molecular complexity index is 3230. The SMILES string of the molecule is c1ccc(-c2nc(-c3ccccc3)nc(-c3ccc(-c4ccc(-c5sc6c(c(-c7ccccc7)nc7ccccc76)c5-c5cccc6ccccc56)cc4)cc3)n2)cc1. The highest BCUT2D eigenvalue weighted by Crippen LogP contribution is 2.51. The monoisotopic (exact) mass is 770 g/mol. The Morgan fingerprint density at radius 1 is 0.322 bits per heavy atom. The molecular formula is C54H34N4S. The maximum absolute atomic E-state index is 5.36. The van der Waals surface area contributed by atoms with Crippen molar-refractivity contribution in [2.24, 2.45) is 0 Å². The number of aromatic nitrogens is 4. The van der Waals surface area contributed by atoms with Crippen LogP contribution in [-0.2, 0) is 0 Å². The summed E-state index contributed by atoms with van der Waals surface area (Å²) in [5.41, 5.74) is 11.8. The predicted molar refractivity (Wildman–Crippen MR) is 246 cm³/mol. The molecule has 0 saturated heterocycles. The van der Waals surface area contributed by atoms with Gasteiger partial charge >= 0.3 is 0 Å². The number of benzene rings is 8. The van der Waals surface area contributed by atoms with Crippen molar-refractivity contribution in [3.05, 3.63) is 206 Å². The fourth-order valence-corrected chi connectivity index (χ4v) is 9.41. The van der Waals surface area contributed by atoms with Crippen molar-refractivity contribution >= 4 is 43.1 Å². The Morgan fingerprint density at radius 3 is 1.39 bits per heavy atom. The molecule has 3 heterocycles. The summed E-state index contributed by atoms with van der Waals surface area (Å²) < 4.78 is 1.25. The first-order chi connectivity index (χ1) is 29.2. The minimum atomic E-state index is 0.641. The molecule has 0 amide bonds. The summed E-state index contributed by atoms with van der Waals surface area (Å²) in [6.45, 7) is 0. The van der Waals surface area contributed by atoms with Crippen LogP contribution in [0.4, 0.5) is 0 Å². The molecule has 276 valence electrons. The van der Waals surface area contributed by atoms with Gasteiger partial charge in [-0.3, -0.25) is 0 Å². The summed E-state index contributed by atoms with van der Waals surface area (Å²) in [5, 5.41) is 4.80. The van der Waals surface area contributed by atoms with Gasteiger partial charge in [0.1, 0.15) is 0 Å². The molecule has 3 aromatic heterocycles. The minimum Gasteiger partial charge on any atom is -0.247 e. The second kappa shape index (κ2) is 14.7. The maximum Gasteiger partial charge on any atom is 0.164 e. The lowest BCUT2D eigenvalue weighted by Gasteiger charge is -2.13. The fraction of sp³-hybridized carbons (Fsp3) is 0. The van der Waals surface area contributed by atoms with E-state index in [0.29, 0.717) is 17.5 Å². The van der Waals surface area contributed by atoms with Crippen molar-refractivity contribution in [2.75, 3.05) is 0 Å². The number of pyridine rings is 1. The largest absolute Gasteiger partial charge is 0.247 e. The van der Waals surface area contributed by atoms with Gasteiger partial charge in [-0.2, -0.15) is 0 Å². The third-order valence-electron chi connectivity index (χ3n) is 11.0. The van der Waals surface area contributed by atoms with Gasteiger partial charge < -0.3 is 0 Å². The third kappa shape index (κ3) is 6.35. The normalized spacial score (nSPS) is 11.4. The molecular weight excluding hydrogens is 737 g/mol. The molecule has 5 heteroatoms. The summed E-state index contributed by atoms with van der Waals surface area (Å²) in [6.07, 6.45) is 0. The highest BCUT2D eigenvalue weighted by molar-refractivity contribution is 7.24. The Hall–Kier alpha value is -7.60. The smallest absolute Gasteiger partial charge is 0.164 e. The second-order valence-electron chi connectivity index (χ2n) is 14.6. The number of fused-ring (bicyclic) bond motifs is 4. The molecule has 4 nitrogen and oxygen atoms in total. The molecule has 59 heavy (non-hydrogen) atoms. The van der Waals surface area contributed by atoms with Gasteiger partial charge in [-0.1, -0.05) is 200 Å². The van der Waals surface area contributed by atoms with E-state index in [1.807, 2.05) is 72.0 Å². The molecule has 0 radical (unpaired) electrons. The summed E-state index contributed by atoms with van der Waals surface area (Å²) in [5.74, 6) is 1.94. The first-order valence-electron chi connectivity index (χ1n) is 19.7. The van der Waals surface area contributed by atoms with Crippen molar-refractivity contribution in [1.29, 1.82) is 0 Å². The van der Waals surface area contributed by atoms with E-state index in [1.165, 1.54) is 47.8 Å². The average Bonchev–Trinajstić information content (AvgIpc) is 3.73. The molecule has 8 aromatic carbocycles. The molecule has 0 unspecified atom stereocenters. The quantitative estimate of drug-likeness (QED) is 0.162. The third-order valence-corrected chi connectivity index (χ3v) is 12.2. The molecule has 0 aliphatic heterocycles. The molecule has 0 aliphatic rings. The van der Waals surface area contributed by atoms with Crippen LogP contribution >= 0.6 is 11.3 Å². The summed E-state index contributed by atoms with van der Waals surface area (Å²) >= 11 is 1.86. The van der Waals surface area contributed by atoms with Crippen LogP contribution in [0.5, 0.6) is 0 Å². The Kier molecular flexibility index (Phi) is 8.64. The first-order valence-corrected chi connectivity index (χ1v) is 20.5. The Labute approximate surface area is 345 Å². The average molecular weight is 771 g/mol. The van der Waals surface area contributed by atoms with E-state index in [9.17, 15) is 0 Å². The van der Waals surface area contributed by atoms with Crippen molar-refractivity contribution < 1.29 is 0 Å². The lowest BCUT2D eigenvalue weighted by Crippen LogP contribution is -2.00. The van der Waals surface area contributed by atoms with Crippen molar-refractivity contribution in [3.8, 4) is 78.1 Å². The highest BCUT2D eigenvalue weighted by Gasteiger charge is 2.24. The van der Waals surface area contributed by atoms with E-state index in [0.717, 1.165) is 44.6 Å². The molecule has 0 saturated carbocycles. The van der Waals surface area contributed by atoms with E-state index >= 15 is 0 Å². The van der Waals surface area contributed by atoms with Gasteiger partial charge in [0, 0.05) is 48.2 Å². The summed E-state index contributed by atoms with van der Waals surface area (Å²) in [4.78, 5) is 21.3. The lowest BCUT2D eigenvalue weighted by atomic mass is 9.91. The maximum atomic E-state index is 5.36. The lowest BCUT2D eigenvalue weighted by molar-refractivity contribution is 1.07. The summed E-state index contributed by atoms with van der Waals surface area (Å²) in [7, 11) is 0. The highest BCUT2D eigenvalue weighted by atomic mass is 32.1. The van der Waals surface area contributed by atoms with Crippen molar-refractivity contribution in [3.63, 3.8) is 0 Å². The van der Waals surface area contributed by atoms with Crippen LogP contribution in [0.1, 0.15) is 0 Å². The summed E-state index contributed by atoms with van der Waals surface area (Å²) in [6, 6.07) is 72.2. The zero-order chi connectivity index (χ0) is 39.1. The van der Waals surface area contributed by atoms with Crippen LogP contribution in [0.15, 0.2) is 206 Å². The number of nitrogens with zero attached hydrogens (tertiary/aromatic N) is 4. The van der Waals surface area contributed by atoms with E-state index in [1.54, 1.807) is 0 Å². The minimum absolute atomic E-state index is 0.641. The predicted octanol–water partition coefficient (Wildman–Crippen LogP) is 14.5. The Morgan fingerprint density at radius 2 is 0.780 bits per heavy atom. The molecule has 0 fully saturated rings. The van der Waals surface area contributed by atoms with Crippen LogP contribution < -0.4 is 0 Å². The van der Waals surface area contributed by atoms with E-state index in [2.05, 4.69) is 146 Å². The number of rotatable bonds is 7. The van der Waals surface area contributed by atoms with Gasteiger partial charge in [0.25, 0.3) is 0 Å². The number of hydrogen-bond donors (Lipinski definition) is 0. The first kappa shape index (κ1) is 34.6. The number of para-hydroxylation sites is 1. The van der Waals surface area contributed by atoms with Crippen LogP contribution in [0.3, 0.4) is 0 Å². The molecule has 0 spiro atoms.